The molecule has 0 saturated heterocycles. The first-order valence-corrected chi connectivity index (χ1v) is 22.6. The topological polar surface area (TPSA) is 96.5 Å². The minimum absolute atomic E-state index is 0.507. The summed E-state index contributed by atoms with van der Waals surface area (Å²) in [5.74, 6) is 2.71. The second-order valence-electron chi connectivity index (χ2n) is 17.1. The van der Waals surface area contributed by atoms with Crippen LogP contribution >= 0.6 is 0 Å². The smallest absolute Gasteiger partial charge is 0.227 e. The van der Waals surface area contributed by atoms with Gasteiger partial charge in [0.1, 0.15) is 11.0 Å². The molecule has 0 aliphatic carbocycles. The molecule has 318 valence electrons. The quantitative estimate of drug-likeness (QED) is 0.165. The Hall–Kier alpha value is -9.54. The van der Waals surface area contributed by atoms with E-state index in [2.05, 4.69) is 151 Å². The minimum Gasteiger partial charge on any atom is -0.435 e. The zero-order valence-corrected chi connectivity index (χ0v) is 36.0. The fourth-order valence-electron chi connectivity index (χ4n) is 10.2. The number of hydrogen-bond acceptors (Lipinski definition) is 6. The number of para-hydroxylation sites is 8. The van der Waals surface area contributed by atoms with Crippen molar-refractivity contribution < 1.29 is 8.83 Å². The zero-order valence-electron chi connectivity index (χ0n) is 36.0. The summed E-state index contributed by atoms with van der Waals surface area (Å²) in [5.41, 5.74) is 18.0. The lowest BCUT2D eigenvalue weighted by Crippen LogP contribution is -1.96. The van der Waals surface area contributed by atoms with Gasteiger partial charge in [-0.25, -0.2) is 19.9 Å². The molecule has 0 aliphatic heterocycles. The molecule has 15 aromatic rings. The van der Waals surface area contributed by atoms with Gasteiger partial charge in [0.2, 0.25) is 23.3 Å². The van der Waals surface area contributed by atoms with Crippen LogP contribution in [0.25, 0.3) is 134 Å². The van der Waals surface area contributed by atoms with Gasteiger partial charge in [-0.1, -0.05) is 109 Å². The van der Waals surface area contributed by atoms with Gasteiger partial charge < -0.3 is 8.83 Å². The largest absolute Gasteiger partial charge is 0.435 e. The Kier molecular flexibility index (Phi) is 7.56. The minimum atomic E-state index is 0.507. The maximum atomic E-state index is 6.96. The molecule has 15 rings (SSSR count). The molecule has 0 N–H and O–H groups in total. The number of oxazole rings is 2. The Morgan fingerprint density at radius 2 is 0.647 bits per heavy atom. The average molecular weight is 875 g/mol. The van der Waals surface area contributed by atoms with Crippen LogP contribution in [0, 0.1) is 0 Å². The molecule has 6 heterocycles. The van der Waals surface area contributed by atoms with Crippen LogP contribution in [0.2, 0.25) is 0 Å². The van der Waals surface area contributed by atoms with Crippen LogP contribution in [0.5, 0.6) is 0 Å². The fraction of sp³-hybridized carbons (Fsp3) is 0. The summed E-state index contributed by atoms with van der Waals surface area (Å²) in [7, 11) is 0. The van der Waals surface area contributed by atoms with Crippen LogP contribution in [-0.4, -0.2) is 37.9 Å². The first-order chi connectivity index (χ1) is 33.7. The maximum Gasteiger partial charge on any atom is 0.227 e. The highest BCUT2D eigenvalue weighted by molar-refractivity contribution is 6.16. The molecule has 0 saturated carbocycles. The van der Waals surface area contributed by atoms with Gasteiger partial charge in [-0.2, -0.15) is 0 Å². The van der Waals surface area contributed by atoms with Gasteiger partial charge in [0.05, 0.1) is 55.3 Å². The summed E-state index contributed by atoms with van der Waals surface area (Å²) in [6.07, 6.45) is 0. The van der Waals surface area contributed by atoms with Gasteiger partial charge in [-0.05, 0) is 108 Å². The molecule has 0 bridgehead atoms. The van der Waals surface area contributed by atoms with E-state index in [1.165, 1.54) is 0 Å². The van der Waals surface area contributed by atoms with Gasteiger partial charge >= 0.3 is 0 Å². The van der Waals surface area contributed by atoms with Crippen LogP contribution in [0.1, 0.15) is 0 Å². The van der Waals surface area contributed by atoms with Crippen molar-refractivity contribution in [3.8, 4) is 56.5 Å². The molecule has 0 radical (unpaired) electrons. The highest BCUT2D eigenvalue weighted by Crippen LogP contribution is 2.47. The van der Waals surface area contributed by atoms with Crippen molar-refractivity contribution in [3.63, 3.8) is 0 Å². The third-order valence-corrected chi connectivity index (χ3v) is 13.3. The molecule has 0 aliphatic rings. The van der Waals surface area contributed by atoms with E-state index >= 15 is 0 Å². The molecular formula is C58H34N8O2. The number of nitrogens with zero attached hydrogens (tertiary/aromatic N) is 8. The van der Waals surface area contributed by atoms with Gasteiger partial charge in [0, 0.05) is 22.5 Å². The van der Waals surface area contributed by atoms with Gasteiger partial charge in [0.15, 0.2) is 11.2 Å². The molecule has 0 spiro atoms. The number of fused-ring (bicyclic) bond motifs is 12. The number of aromatic nitrogens is 8. The lowest BCUT2D eigenvalue weighted by Gasteiger charge is -2.11. The van der Waals surface area contributed by atoms with Gasteiger partial charge in [0.25, 0.3) is 0 Å². The Bertz CT molecular complexity index is 4130. The second kappa shape index (κ2) is 14.0. The molecule has 0 amide bonds. The van der Waals surface area contributed by atoms with Crippen LogP contribution in [-0.2, 0) is 0 Å². The zero-order chi connectivity index (χ0) is 44.5. The molecule has 10 nitrogen and oxygen atoms in total. The standard InChI is InChI=1S/C58H34N8O2/c1-3-15-37(16-4-1)55-61-51-49(35-27-31-39(32-28-35)63-45-23-11-13-25-47(45)65-43-21-9-7-19-41(43)59-57(63)65)54-52(62-56(68-54)38-17-5-2-6-18-38)50(53(51)67-55)36-29-33-40(34-30-36)64-46-24-12-14-26-48(46)66-44-22-10-8-20-42(44)60-58(64)66/h1-34H. The summed E-state index contributed by atoms with van der Waals surface area (Å²) in [6.45, 7) is 0. The van der Waals surface area contributed by atoms with Crippen molar-refractivity contribution in [1.82, 2.24) is 37.9 Å². The predicted octanol–water partition coefficient (Wildman–Crippen LogP) is 14.1. The maximum absolute atomic E-state index is 6.96. The monoisotopic (exact) mass is 874 g/mol. The van der Waals surface area contributed by atoms with E-state index in [1.807, 2.05) is 72.8 Å². The molecule has 6 aromatic heterocycles. The highest BCUT2D eigenvalue weighted by atomic mass is 16.4. The van der Waals surface area contributed by atoms with Crippen molar-refractivity contribution in [1.29, 1.82) is 0 Å². The van der Waals surface area contributed by atoms with Crippen LogP contribution < -0.4 is 0 Å². The number of rotatable bonds is 6. The lowest BCUT2D eigenvalue weighted by molar-refractivity contribution is 0.619. The molecule has 68 heavy (non-hydrogen) atoms. The molecule has 9 aromatic carbocycles. The van der Waals surface area contributed by atoms with Crippen molar-refractivity contribution in [2.75, 3.05) is 0 Å². The summed E-state index contributed by atoms with van der Waals surface area (Å²) >= 11 is 0. The molecule has 0 atom stereocenters. The van der Waals surface area contributed by atoms with Gasteiger partial charge in [-0.15, -0.1) is 0 Å². The lowest BCUT2D eigenvalue weighted by atomic mass is 9.96. The molecule has 0 fully saturated rings. The van der Waals surface area contributed by atoms with Crippen molar-refractivity contribution in [2.45, 2.75) is 0 Å². The van der Waals surface area contributed by atoms with E-state index < -0.39 is 0 Å². The van der Waals surface area contributed by atoms with Crippen LogP contribution in [0.15, 0.2) is 215 Å². The molecule has 0 unspecified atom stereocenters. The summed E-state index contributed by atoms with van der Waals surface area (Å²) < 4.78 is 22.8. The van der Waals surface area contributed by atoms with E-state index in [4.69, 9.17) is 28.8 Å². The fourth-order valence-corrected chi connectivity index (χ4v) is 10.2. The van der Waals surface area contributed by atoms with Crippen LogP contribution in [0.3, 0.4) is 0 Å². The predicted molar refractivity (Wildman–Crippen MR) is 269 cm³/mol. The Labute approximate surface area is 385 Å². The first kappa shape index (κ1) is 36.8. The highest BCUT2D eigenvalue weighted by Gasteiger charge is 2.28. The Balaban J connectivity index is 0.956. The average Bonchev–Trinajstić information content (AvgIpc) is 4.26. The van der Waals surface area contributed by atoms with E-state index in [9.17, 15) is 0 Å². The van der Waals surface area contributed by atoms with Crippen molar-refractivity contribution in [3.05, 3.63) is 206 Å². The number of benzene rings is 9. The van der Waals surface area contributed by atoms with E-state index in [0.29, 0.717) is 34.0 Å². The van der Waals surface area contributed by atoms with Gasteiger partial charge in [-0.3, -0.25) is 17.9 Å². The van der Waals surface area contributed by atoms with Crippen molar-refractivity contribution in [2.24, 2.45) is 0 Å². The third kappa shape index (κ3) is 5.22. The summed E-state index contributed by atoms with van der Waals surface area (Å²) in [6, 6.07) is 70.6. The van der Waals surface area contributed by atoms with E-state index in [-0.39, 0.29) is 0 Å². The van der Waals surface area contributed by atoms with E-state index in [1.54, 1.807) is 0 Å². The summed E-state index contributed by atoms with van der Waals surface area (Å²) in [4.78, 5) is 20.9. The SMILES string of the molecule is c1ccc(-c2nc3c(-c4ccc(-n5c6ccccc6n6c7ccccc7nc56)cc4)c4oc(-c5ccccc5)nc4c(-c4ccc(-n5c6ccccc6n6c7ccccc7nc56)cc4)c3o2)cc1. The Morgan fingerprint density at radius 3 is 1.06 bits per heavy atom. The van der Waals surface area contributed by atoms with Crippen LogP contribution in [0.4, 0.5) is 0 Å². The second-order valence-corrected chi connectivity index (χ2v) is 17.1. The first-order valence-electron chi connectivity index (χ1n) is 22.6. The number of imidazole rings is 4. The summed E-state index contributed by atoms with van der Waals surface area (Å²) in [5, 5.41) is 0. The molecular weight excluding hydrogens is 841 g/mol. The third-order valence-electron chi connectivity index (χ3n) is 13.3. The molecule has 10 heteroatoms. The van der Waals surface area contributed by atoms with E-state index in [0.717, 1.165) is 100 Å². The van der Waals surface area contributed by atoms with Crippen molar-refractivity contribution >= 4 is 77.9 Å². The Morgan fingerprint density at radius 1 is 0.294 bits per heavy atom. The number of hydrogen-bond donors (Lipinski definition) is 0. The normalized spacial score (nSPS) is 12.1.